The van der Waals surface area contributed by atoms with E-state index in [2.05, 4.69) is 5.32 Å². The van der Waals surface area contributed by atoms with Gasteiger partial charge >= 0.3 is 0 Å². The molecule has 3 rings (SSSR count). The summed E-state index contributed by atoms with van der Waals surface area (Å²) in [5.74, 6) is 0. The van der Waals surface area contributed by atoms with E-state index in [1.807, 2.05) is 11.6 Å². The maximum absolute atomic E-state index is 12.6. The SMILES string of the molecule is COC1CCN(S(=O)(=O)c2cc(CNC3CC3)n(C)c2)C1. The molecule has 0 spiro atoms. The Balaban J connectivity index is 1.74. The van der Waals surface area contributed by atoms with Crippen molar-refractivity contribution in [2.24, 2.45) is 7.05 Å². The lowest BCUT2D eigenvalue weighted by Crippen LogP contribution is -2.29. The Morgan fingerprint density at radius 3 is 2.76 bits per heavy atom. The van der Waals surface area contributed by atoms with Crippen LogP contribution in [0.15, 0.2) is 17.2 Å². The first-order valence-electron chi connectivity index (χ1n) is 7.42. The predicted molar refractivity (Wildman–Crippen MR) is 79.4 cm³/mol. The van der Waals surface area contributed by atoms with Gasteiger partial charge in [0.2, 0.25) is 10.0 Å². The van der Waals surface area contributed by atoms with Crippen molar-refractivity contribution in [2.75, 3.05) is 20.2 Å². The lowest BCUT2D eigenvalue weighted by atomic mass is 10.3. The van der Waals surface area contributed by atoms with Gasteiger partial charge in [-0.2, -0.15) is 4.31 Å². The summed E-state index contributed by atoms with van der Waals surface area (Å²) in [5.41, 5.74) is 1.00. The van der Waals surface area contributed by atoms with Gasteiger partial charge in [-0.15, -0.1) is 0 Å². The van der Waals surface area contributed by atoms with Crippen LogP contribution in [0.5, 0.6) is 0 Å². The second kappa shape index (κ2) is 5.72. The number of sulfonamides is 1. The van der Waals surface area contributed by atoms with Crippen LogP contribution < -0.4 is 5.32 Å². The smallest absolute Gasteiger partial charge is 0.244 e. The van der Waals surface area contributed by atoms with Crippen LogP contribution in [0.4, 0.5) is 0 Å². The third-order valence-electron chi connectivity index (χ3n) is 4.31. The summed E-state index contributed by atoms with van der Waals surface area (Å²) in [5, 5.41) is 3.41. The average molecular weight is 313 g/mol. The molecule has 1 aromatic rings. The Labute approximate surface area is 126 Å². The molecule has 21 heavy (non-hydrogen) atoms. The molecule has 0 aromatic carbocycles. The number of rotatable bonds is 6. The highest BCUT2D eigenvalue weighted by Gasteiger charge is 2.33. The van der Waals surface area contributed by atoms with E-state index in [0.29, 0.717) is 24.0 Å². The fourth-order valence-electron chi connectivity index (χ4n) is 2.69. The summed E-state index contributed by atoms with van der Waals surface area (Å²) in [6.07, 6.45) is 4.93. The molecule has 0 amide bonds. The Morgan fingerprint density at radius 1 is 1.38 bits per heavy atom. The minimum atomic E-state index is -3.40. The summed E-state index contributed by atoms with van der Waals surface area (Å²) in [7, 11) is 0.122. The van der Waals surface area contributed by atoms with Crippen molar-refractivity contribution in [3.05, 3.63) is 18.0 Å². The zero-order valence-corrected chi connectivity index (χ0v) is 13.4. The Bertz CT molecular complexity index is 607. The van der Waals surface area contributed by atoms with Crippen LogP contribution in [0.25, 0.3) is 0 Å². The summed E-state index contributed by atoms with van der Waals surface area (Å²) in [4.78, 5) is 0.384. The van der Waals surface area contributed by atoms with E-state index >= 15 is 0 Å². The number of hydrogen-bond acceptors (Lipinski definition) is 4. The van der Waals surface area contributed by atoms with Crippen LogP contribution in [-0.4, -0.2) is 49.6 Å². The van der Waals surface area contributed by atoms with Gasteiger partial charge in [-0.1, -0.05) is 0 Å². The maximum atomic E-state index is 12.6. The number of ether oxygens (including phenoxy) is 1. The van der Waals surface area contributed by atoms with Gasteiger partial charge in [0.25, 0.3) is 0 Å². The molecule has 2 heterocycles. The van der Waals surface area contributed by atoms with Crippen molar-refractivity contribution in [2.45, 2.75) is 42.8 Å². The monoisotopic (exact) mass is 313 g/mol. The largest absolute Gasteiger partial charge is 0.380 e. The standard InChI is InChI=1S/C14H23N3O3S/c1-16-10-14(7-12(16)8-15-11-3-4-11)21(18,19)17-6-5-13(9-17)20-2/h7,10-11,13,15H,3-6,8-9H2,1-2H3. The molecule has 1 atom stereocenters. The first kappa shape index (κ1) is 15.0. The van der Waals surface area contributed by atoms with E-state index in [4.69, 9.17) is 4.74 Å². The topological polar surface area (TPSA) is 63.6 Å². The van der Waals surface area contributed by atoms with E-state index in [0.717, 1.165) is 18.7 Å². The molecule has 2 fully saturated rings. The number of aromatic nitrogens is 1. The van der Waals surface area contributed by atoms with Crippen LogP contribution in [0.1, 0.15) is 25.0 Å². The van der Waals surface area contributed by atoms with Crippen LogP contribution >= 0.6 is 0 Å². The highest BCUT2D eigenvalue weighted by atomic mass is 32.2. The highest BCUT2D eigenvalue weighted by Crippen LogP contribution is 2.24. The summed E-state index contributed by atoms with van der Waals surface area (Å²) >= 11 is 0. The molecule has 1 N–H and O–H groups in total. The zero-order valence-electron chi connectivity index (χ0n) is 12.6. The summed E-state index contributed by atoms with van der Waals surface area (Å²) < 4.78 is 34.0. The van der Waals surface area contributed by atoms with Crippen molar-refractivity contribution in [1.29, 1.82) is 0 Å². The van der Waals surface area contributed by atoms with Gasteiger partial charge in [0.05, 0.1) is 6.10 Å². The molecule has 1 aliphatic heterocycles. The second-order valence-electron chi connectivity index (χ2n) is 5.94. The first-order valence-corrected chi connectivity index (χ1v) is 8.86. The molecule has 7 heteroatoms. The highest BCUT2D eigenvalue weighted by molar-refractivity contribution is 7.89. The number of nitrogens with zero attached hydrogens (tertiary/aromatic N) is 2. The molecular weight excluding hydrogens is 290 g/mol. The van der Waals surface area contributed by atoms with Crippen LogP contribution in [0.3, 0.4) is 0 Å². The maximum Gasteiger partial charge on any atom is 0.244 e. The normalized spacial score (nSPS) is 23.8. The van der Waals surface area contributed by atoms with E-state index in [9.17, 15) is 8.42 Å². The van der Waals surface area contributed by atoms with Crippen molar-refractivity contribution < 1.29 is 13.2 Å². The fraction of sp³-hybridized carbons (Fsp3) is 0.714. The molecule has 1 saturated carbocycles. The quantitative estimate of drug-likeness (QED) is 0.839. The number of hydrogen-bond donors (Lipinski definition) is 1. The van der Waals surface area contributed by atoms with Gasteiger partial charge in [-0.05, 0) is 25.3 Å². The lowest BCUT2D eigenvalue weighted by Gasteiger charge is -2.14. The Morgan fingerprint density at radius 2 is 2.14 bits per heavy atom. The van der Waals surface area contributed by atoms with Crippen LogP contribution in [0.2, 0.25) is 0 Å². The minimum Gasteiger partial charge on any atom is -0.380 e. The Hall–Kier alpha value is -0.890. The number of aryl methyl sites for hydroxylation is 1. The third kappa shape index (κ3) is 3.15. The molecule has 6 nitrogen and oxygen atoms in total. The number of methoxy groups -OCH3 is 1. The van der Waals surface area contributed by atoms with Crippen LogP contribution in [-0.2, 0) is 28.4 Å². The van der Waals surface area contributed by atoms with Gasteiger partial charge in [0.15, 0.2) is 0 Å². The van der Waals surface area contributed by atoms with Gasteiger partial charge in [-0.25, -0.2) is 8.42 Å². The summed E-state index contributed by atoms with van der Waals surface area (Å²) in [6.45, 7) is 1.70. The first-order chi connectivity index (χ1) is 10.0. The molecule has 2 aliphatic rings. The van der Waals surface area contributed by atoms with Crippen molar-refractivity contribution in [1.82, 2.24) is 14.2 Å². The molecule has 1 aromatic heterocycles. The number of nitrogens with one attached hydrogen (secondary N) is 1. The van der Waals surface area contributed by atoms with Gasteiger partial charge < -0.3 is 14.6 Å². The van der Waals surface area contributed by atoms with Gasteiger partial charge in [-0.3, -0.25) is 0 Å². The van der Waals surface area contributed by atoms with Gasteiger partial charge in [0.1, 0.15) is 4.90 Å². The molecular formula is C14H23N3O3S. The Kier molecular flexibility index (Phi) is 4.09. The van der Waals surface area contributed by atoms with Crippen molar-refractivity contribution in [3.8, 4) is 0 Å². The van der Waals surface area contributed by atoms with E-state index in [-0.39, 0.29) is 6.10 Å². The van der Waals surface area contributed by atoms with Gasteiger partial charge in [0, 0.05) is 51.7 Å². The molecule has 0 radical (unpaired) electrons. The lowest BCUT2D eigenvalue weighted by molar-refractivity contribution is 0.115. The molecule has 118 valence electrons. The second-order valence-corrected chi connectivity index (χ2v) is 7.88. The molecule has 0 bridgehead atoms. The van der Waals surface area contributed by atoms with Crippen LogP contribution in [0, 0.1) is 0 Å². The van der Waals surface area contributed by atoms with Crippen molar-refractivity contribution in [3.63, 3.8) is 0 Å². The molecule has 1 aliphatic carbocycles. The van der Waals surface area contributed by atoms with E-state index in [1.54, 1.807) is 19.4 Å². The fourth-order valence-corrected chi connectivity index (χ4v) is 4.27. The summed E-state index contributed by atoms with van der Waals surface area (Å²) in [6, 6.07) is 2.39. The molecule has 1 unspecified atom stereocenters. The molecule has 1 saturated heterocycles. The van der Waals surface area contributed by atoms with E-state index in [1.165, 1.54) is 17.1 Å². The minimum absolute atomic E-state index is 0.0134. The van der Waals surface area contributed by atoms with Crippen molar-refractivity contribution >= 4 is 10.0 Å². The predicted octanol–water partition coefficient (Wildman–Crippen LogP) is 0.687. The third-order valence-corrected chi connectivity index (χ3v) is 6.14. The van der Waals surface area contributed by atoms with E-state index < -0.39 is 10.0 Å². The average Bonchev–Trinajstić information content (AvgIpc) is 3.01. The zero-order chi connectivity index (χ0) is 15.0.